The summed E-state index contributed by atoms with van der Waals surface area (Å²) in [7, 11) is 1.89. The first kappa shape index (κ1) is 13.8. The number of nitrogens with zero attached hydrogens (tertiary/aromatic N) is 3. The Kier molecular flexibility index (Phi) is 4.34. The molecule has 0 saturated carbocycles. The Morgan fingerprint density at radius 3 is 2.89 bits per heavy atom. The number of thiazole rings is 1. The van der Waals surface area contributed by atoms with Crippen LogP contribution in [-0.4, -0.2) is 29.5 Å². The molecule has 0 spiro atoms. The van der Waals surface area contributed by atoms with Gasteiger partial charge in [0.25, 0.3) is 0 Å². The second-order valence-corrected chi connectivity index (χ2v) is 5.38. The number of rotatable bonds is 5. The maximum absolute atomic E-state index is 11.0. The van der Waals surface area contributed by atoms with E-state index >= 15 is 0 Å². The van der Waals surface area contributed by atoms with Crippen LogP contribution in [0.1, 0.15) is 15.4 Å². The monoisotopic (exact) mass is 296 g/mol. The number of halogens is 1. The standard InChI is InChI=1S/C12H13ClN4OS/c1-17(4-2-10-15-3-5-19-10)12-9(13)6-8(7-16-12)11(14)18/h3,5-7H,2,4H2,1H3,(H2,14,18). The molecule has 5 nitrogen and oxygen atoms in total. The molecule has 0 atom stereocenters. The first-order chi connectivity index (χ1) is 9.08. The van der Waals surface area contributed by atoms with Crippen LogP contribution in [0, 0.1) is 0 Å². The molecule has 2 aromatic rings. The predicted octanol–water partition coefficient (Wildman–Crippen LogP) is 1.97. The Morgan fingerprint density at radius 2 is 2.32 bits per heavy atom. The number of carbonyl (C=O) groups excluding carboxylic acids is 1. The number of hydrogen-bond donors (Lipinski definition) is 1. The van der Waals surface area contributed by atoms with Gasteiger partial charge in [-0.15, -0.1) is 11.3 Å². The Labute approximate surface area is 120 Å². The van der Waals surface area contributed by atoms with Crippen LogP contribution in [0.5, 0.6) is 0 Å². The molecule has 0 saturated heterocycles. The van der Waals surface area contributed by atoms with E-state index in [1.807, 2.05) is 17.3 Å². The van der Waals surface area contributed by atoms with Crippen LogP contribution in [0.3, 0.4) is 0 Å². The fourth-order valence-corrected chi connectivity index (χ4v) is 2.51. The lowest BCUT2D eigenvalue weighted by Gasteiger charge is -2.18. The molecule has 7 heteroatoms. The van der Waals surface area contributed by atoms with Crippen molar-refractivity contribution in [3.63, 3.8) is 0 Å². The molecule has 1 amide bonds. The van der Waals surface area contributed by atoms with Crippen molar-refractivity contribution < 1.29 is 4.79 Å². The summed E-state index contributed by atoms with van der Waals surface area (Å²) in [6.07, 6.45) is 4.04. The van der Waals surface area contributed by atoms with E-state index in [-0.39, 0.29) is 0 Å². The first-order valence-electron chi connectivity index (χ1n) is 5.63. The number of pyridine rings is 1. The summed E-state index contributed by atoms with van der Waals surface area (Å²) in [5.41, 5.74) is 5.48. The summed E-state index contributed by atoms with van der Waals surface area (Å²) in [5.74, 6) is 0.0922. The van der Waals surface area contributed by atoms with Crippen LogP contribution < -0.4 is 10.6 Å². The molecule has 0 radical (unpaired) electrons. The van der Waals surface area contributed by atoms with E-state index in [0.29, 0.717) is 16.4 Å². The molecule has 100 valence electrons. The molecule has 2 N–H and O–H groups in total. The SMILES string of the molecule is CN(CCc1nccs1)c1ncc(C(N)=O)cc1Cl. The van der Waals surface area contributed by atoms with Gasteiger partial charge in [0.05, 0.1) is 15.6 Å². The van der Waals surface area contributed by atoms with Gasteiger partial charge >= 0.3 is 0 Å². The molecule has 0 aromatic carbocycles. The average molecular weight is 297 g/mol. The van der Waals surface area contributed by atoms with Gasteiger partial charge in [-0.3, -0.25) is 4.79 Å². The number of aromatic nitrogens is 2. The lowest BCUT2D eigenvalue weighted by molar-refractivity contribution is 0.1000. The Morgan fingerprint density at radius 1 is 1.53 bits per heavy atom. The van der Waals surface area contributed by atoms with Gasteiger partial charge < -0.3 is 10.6 Å². The van der Waals surface area contributed by atoms with Crippen LogP contribution in [0.15, 0.2) is 23.8 Å². The van der Waals surface area contributed by atoms with Crippen LogP contribution >= 0.6 is 22.9 Å². The lowest BCUT2D eigenvalue weighted by Crippen LogP contribution is -2.22. The van der Waals surface area contributed by atoms with Crippen molar-refractivity contribution in [2.75, 3.05) is 18.5 Å². The molecule has 19 heavy (non-hydrogen) atoms. The lowest BCUT2D eigenvalue weighted by atomic mass is 10.2. The normalized spacial score (nSPS) is 10.4. The molecule has 0 bridgehead atoms. The van der Waals surface area contributed by atoms with Crippen molar-refractivity contribution in [2.24, 2.45) is 5.73 Å². The molecule has 2 aromatic heterocycles. The third-order valence-corrected chi connectivity index (χ3v) is 3.73. The van der Waals surface area contributed by atoms with Crippen LogP contribution in [0.2, 0.25) is 5.02 Å². The van der Waals surface area contributed by atoms with Crippen molar-refractivity contribution in [2.45, 2.75) is 6.42 Å². The van der Waals surface area contributed by atoms with Crippen molar-refractivity contribution in [3.05, 3.63) is 39.4 Å². The number of anilines is 1. The smallest absolute Gasteiger partial charge is 0.250 e. The Balaban J connectivity index is 2.06. The highest BCUT2D eigenvalue weighted by Crippen LogP contribution is 2.23. The Bertz CT molecular complexity index is 573. The highest BCUT2D eigenvalue weighted by atomic mass is 35.5. The van der Waals surface area contributed by atoms with Gasteiger partial charge in [0.15, 0.2) is 0 Å². The van der Waals surface area contributed by atoms with E-state index in [4.69, 9.17) is 17.3 Å². The van der Waals surface area contributed by atoms with Crippen LogP contribution in [0.25, 0.3) is 0 Å². The van der Waals surface area contributed by atoms with Crippen molar-refractivity contribution in [3.8, 4) is 0 Å². The number of amides is 1. The summed E-state index contributed by atoms with van der Waals surface area (Å²) >= 11 is 7.72. The molecular formula is C12H13ClN4OS. The number of nitrogens with two attached hydrogens (primary N) is 1. The summed E-state index contributed by atoms with van der Waals surface area (Å²) in [6, 6.07) is 1.53. The summed E-state index contributed by atoms with van der Waals surface area (Å²) in [5, 5.41) is 3.43. The molecule has 0 fully saturated rings. The van der Waals surface area contributed by atoms with Gasteiger partial charge in [-0.1, -0.05) is 11.6 Å². The molecular weight excluding hydrogens is 284 g/mol. The number of likely N-dealkylation sites (N-methyl/N-ethyl adjacent to an activating group) is 1. The summed E-state index contributed by atoms with van der Waals surface area (Å²) in [6.45, 7) is 0.746. The van der Waals surface area contributed by atoms with Crippen molar-refractivity contribution in [1.29, 1.82) is 0 Å². The summed E-state index contributed by atoms with van der Waals surface area (Å²) in [4.78, 5) is 21.3. The topological polar surface area (TPSA) is 72.1 Å². The fraction of sp³-hybridized carbons (Fsp3) is 0.250. The minimum atomic E-state index is -0.536. The minimum absolute atomic E-state index is 0.307. The van der Waals surface area contributed by atoms with Gasteiger partial charge in [0.1, 0.15) is 5.82 Å². The zero-order valence-corrected chi connectivity index (χ0v) is 11.9. The molecule has 0 aliphatic heterocycles. The highest BCUT2D eigenvalue weighted by Gasteiger charge is 2.11. The highest BCUT2D eigenvalue weighted by molar-refractivity contribution is 7.09. The predicted molar refractivity (Wildman–Crippen MR) is 76.9 cm³/mol. The molecule has 2 rings (SSSR count). The van der Waals surface area contributed by atoms with Crippen molar-refractivity contribution in [1.82, 2.24) is 9.97 Å². The fourth-order valence-electron chi connectivity index (χ4n) is 1.59. The van der Waals surface area contributed by atoms with E-state index in [1.54, 1.807) is 17.5 Å². The molecule has 2 heterocycles. The second kappa shape index (κ2) is 5.99. The van der Waals surface area contributed by atoms with E-state index in [0.717, 1.165) is 18.0 Å². The average Bonchev–Trinajstić information content (AvgIpc) is 2.88. The second-order valence-electron chi connectivity index (χ2n) is 3.99. The number of primary amides is 1. The van der Waals surface area contributed by atoms with Gasteiger partial charge in [0.2, 0.25) is 5.91 Å². The van der Waals surface area contributed by atoms with Crippen LogP contribution in [-0.2, 0) is 6.42 Å². The third-order valence-electron chi connectivity index (χ3n) is 2.61. The van der Waals surface area contributed by atoms with Gasteiger partial charge in [-0.05, 0) is 6.07 Å². The zero-order valence-electron chi connectivity index (χ0n) is 10.3. The Hall–Kier alpha value is -1.66. The first-order valence-corrected chi connectivity index (χ1v) is 6.88. The van der Waals surface area contributed by atoms with Gasteiger partial charge in [0, 0.05) is 37.8 Å². The maximum Gasteiger partial charge on any atom is 0.250 e. The van der Waals surface area contributed by atoms with E-state index in [2.05, 4.69) is 9.97 Å². The number of hydrogen-bond acceptors (Lipinski definition) is 5. The zero-order chi connectivity index (χ0) is 13.8. The maximum atomic E-state index is 11.0. The van der Waals surface area contributed by atoms with E-state index in [1.165, 1.54) is 12.3 Å². The molecule has 0 aliphatic carbocycles. The third kappa shape index (κ3) is 3.42. The molecule has 0 unspecified atom stereocenters. The van der Waals surface area contributed by atoms with Crippen LogP contribution in [0.4, 0.5) is 5.82 Å². The minimum Gasteiger partial charge on any atom is -0.366 e. The number of carbonyl (C=O) groups is 1. The molecule has 0 aliphatic rings. The summed E-state index contributed by atoms with van der Waals surface area (Å²) < 4.78 is 0. The largest absolute Gasteiger partial charge is 0.366 e. The quantitative estimate of drug-likeness (QED) is 0.915. The van der Waals surface area contributed by atoms with Gasteiger partial charge in [-0.2, -0.15) is 0 Å². The van der Waals surface area contributed by atoms with Crippen molar-refractivity contribution >= 4 is 34.7 Å². The van der Waals surface area contributed by atoms with Gasteiger partial charge in [-0.25, -0.2) is 9.97 Å². The van der Waals surface area contributed by atoms with E-state index < -0.39 is 5.91 Å². The van der Waals surface area contributed by atoms with E-state index in [9.17, 15) is 4.79 Å².